The van der Waals surface area contributed by atoms with Gasteiger partial charge in [0.05, 0.1) is 5.69 Å². The minimum Gasteiger partial charge on any atom is -0.240 e. The molecule has 0 N–H and O–H groups in total. The minimum atomic E-state index is 0.533. The summed E-state index contributed by atoms with van der Waals surface area (Å²) in [5.41, 5.74) is 4.71. The average molecular weight is 266 g/mol. The van der Waals surface area contributed by atoms with Crippen LogP contribution >= 0.6 is 22.9 Å². The van der Waals surface area contributed by atoms with Gasteiger partial charge in [0.15, 0.2) is 0 Å². The maximum Gasteiger partial charge on any atom is 0.125 e. The quantitative estimate of drug-likeness (QED) is 0.727. The molecule has 0 aliphatic heterocycles. The van der Waals surface area contributed by atoms with Crippen LogP contribution in [0.25, 0.3) is 10.6 Å². The summed E-state index contributed by atoms with van der Waals surface area (Å²) in [5, 5.41) is 1.02. The van der Waals surface area contributed by atoms with Crippen LogP contribution in [-0.4, -0.2) is 4.98 Å². The van der Waals surface area contributed by atoms with Crippen molar-refractivity contribution in [3.05, 3.63) is 39.4 Å². The SMILES string of the molecule is Cc1ccc(C(C)C)cc1-c1nc(C)c(Cl)s1. The highest BCUT2D eigenvalue weighted by Crippen LogP contribution is 2.34. The van der Waals surface area contributed by atoms with Crippen molar-refractivity contribution in [3.63, 3.8) is 0 Å². The van der Waals surface area contributed by atoms with E-state index in [2.05, 4.69) is 44.0 Å². The molecular weight excluding hydrogens is 250 g/mol. The Hall–Kier alpha value is -0.860. The molecule has 0 radical (unpaired) electrons. The smallest absolute Gasteiger partial charge is 0.125 e. The lowest BCUT2D eigenvalue weighted by Gasteiger charge is -2.09. The van der Waals surface area contributed by atoms with Crippen LogP contribution in [0.4, 0.5) is 0 Å². The van der Waals surface area contributed by atoms with Crippen molar-refractivity contribution in [1.29, 1.82) is 0 Å². The summed E-state index contributed by atoms with van der Waals surface area (Å²) in [6.45, 7) is 8.47. The molecule has 1 heterocycles. The van der Waals surface area contributed by atoms with Gasteiger partial charge in [0, 0.05) is 5.56 Å². The maximum atomic E-state index is 6.09. The second-order valence-corrected chi connectivity index (χ2v) is 6.21. The molecule has 1 aromatic carbocycles. The van der Waals surface area contributed by atoms with E-state index in [4.69, 9.17) is 11.6 Å². The number of rotatable bonds is 2. The lowest BCUT2D eigenvalue weighted by Crippen LogP contribution is -1.90. The van der Waals surface area contributed by atoms with Gasteiger partial charge in [-0.2, -0.15) is 0 Å². The lowest BCUT2D eigenvalue weighted by atomic mass is 9.98. The lowest BCUT2D eigenvalue weighted by molar-refractivity contribution is 0.866. The van der Waals surface area contributed by atoms with Crippen molar-refractivity contribution >= 4 is 22.9 Å². The van der Waals surface area contributed by atoms with Gasteiger partial charge in [-0.25, -0.2) is 4.98 Å². The summed E-state index contributed by atoms with van der Waals surface area (Å²) in [7, 11) is 0. The molecule has 1 aromatic heterocycles. The number of thiazole rings is 1. The predicted molar refractivity (Wildman–Crippen MR) is 76.1 cm³/mol. The third-order valence-corrected chi connectivity index (χ3v) is 4.38. The fourth-order valence-electron chi connectivity index (χ4n) is 1.72. The summed E-state index contributed by atoms with van der Waals surface area (Å²) in [6, 6.07) is 6.58. The van der Waals surface area contributed by atoms with Crippen molar-refractivity contribution in [3.8, 4) is 10.6 Å². The monoisotopic (exact) mass is 265 g/mol. The normalized spacial score (nSPS) is 11.2. The molecule has 90 valence electrons. The molecular formula is C14H16ClNS. The molecule has 3 heteroatoms. The van der Waals surface area contributed by atoms with Crippen LogP contribution in [0.3, 0.4) is 0 Å². The Labute approximate surface area is 111 Å². The standard InChI is InChI=1S/C14H16ClNS/c1-8(2)11-6-5-9(3)12(7-11)14-16-10(4)13(15)17-14/h5-8H,1-4H3. The van der Waals surface area contributed by atoms with Crippen LogP contribution in [0.5, 0.6) is 0 Å². The van der Waals surface area contributed by atoms with Gasteiger partial charge in [0.1, 0.15) is 9.34 Å². The summed E-state index contributed by atoms with van der Waals surface area (Å²) < 4.78 is 0.786. The third-order valence-electron chi connectivity index (χ3n) is 2.90. The van der Waals surface area contributed by atoms with Crippen molar-refractivity contribution in [2.24, 2.45) is 0 Å². The first-order valence-corrected chi connectivity index (χ1v) is 6.92. The second kappa shape index (κ2) is 4.79. The fraction of sp³-hybridized carbons (Fsp3) is 0.357. The average Bonchev–Trinajstić information content (AvgIpc) is 2.59. The minimum absolute atomic E-state index is 0.533. The summed E-state index contributed by atoms with van der Waals surface area (Å²) in [6.07, 6.45) is 0. The molecule has 17 heavy (non-hydrogen) atoms. The van der Waals surface area contributed by atoms with Crippen LogP contribution < -0.4 is 0 Å². The van der Waals surface area contributed by atoms with Crippen molar-refractivity contribution < 1.29 is 0 Å². The zero-order valence-corrected chi connectivity index (χ0v) is 12.1. The molecule has 0 fully saturated rings. The van der Waals surface area contributed by atoms with Crippen LogP contribution in [0.2, 0.25) is 4.34 Å². The Morgan fingerprint density at radius 3 is 2.47 bits per heavy atom. The van der Waals surface area contributed by atoms with Crippen LogP contribution in [-0.2, 0) is 0 Å². The highest BCUT2D eigenvalue weighted by atomic mass is 35.5. The maximum absolute atomic E-state index is 6.09. The molecule has 2 aromatic rings. The topological polar surface area (TPSA) is 12.9 Å². The van der Waals surface area contributed by atoms with E-state index in [0.717, 1.165) is 15.0 Å². The van der Waals surface area contributed by atoms with E-state index in [0.29, 0.717) is 5.92 Å². The fourth-order valence-corrected chi connectivity index (χ4v) is 2.86. The first-order chi connectivity index (χ1) is 7.99. The third kappa shape index (κ3) is 2.53. The van der Waals surface area contributed by atoms with Crippen molar-refractivity contribution in [2.45, 2.75) is 33.6 Å². The Bertz CT molecular complexity index is 524. The highest BCUT2D eigenvalue weighted by Gasteiger charge is 2.11. The van der Waals surface area contributed by atoms with Gasteiger partial charge in [0.2, 0.25) is 0 Å². The van der Waals surface area contributed by atoms with Crippen LogP contribution in [0.15, 0.2) is 18.2 Å². The zero-order valence-electron chi connectivity index (χ0n) is 10.5. The molecule has 0 saturated carbocycles. The van der Waals surface area contributed by atoms with Gasteiger partial charge in [-0.05, 0) is 37.0 Å². The number of nitrogens with zero attached hydrogens (tertiary/aromatic N) is 1. The molecule has 0 spiro atoms. The van der Waals surface area contributed by atoms with Crippen molar-refractivity contribution in [2.75, 3.05) is 0 Å². The largest absolute Gasteiger partial charge is 0.240 e. The molecule has 0 unspecified atom stereocenters. The molecule has 0 aliphatic carbocycles. The molecule has 0 atom stereocenters. The number of hydrogen-bond acceptors (Lipinski definition) is 2. The molecule has 2 rings (SSSR count). The predicted octanol–water partition coefficient (Wildman–Crippen LogP) is 5.20. The van der Waals surface area contributed by atoms with Gasteiger partial charge in [-0.3, -0.25) is 0 Å². The molecule has 1 nitrogen and oxygen atoms in total. The Morgan fingerprint density at radius 2 is 1.94 bits per heavy atom. The zero-order chi connectivity index (χ0) is 12.6. The van der Waals surface area contributed by atoms with Gasteiger partial charge in [-0.15, -0.1) is 11.3 Å². The van der Waals surface area contributed by atoms with Crippen LogP contribution in [0.1, 0.15) is 36.6 Å². The van der Waals surface area contributed by atoms with Crippen molar-refractivity contribution in [1.82, 2.24) is 4.98 Å². The van der Waals surface area contributed by atoms with Gasteiger partial charge in [0.25, 0.3) is 0 Å². The van der Waals surface area contributed by atoms with Crippen LogP contribution in [0, 0.1) is 13.8 Å². The molecule has 0 bridgehead atoms. The number of hydrogen-bond donors (Lipinski definition) is 0. The van der Waals surface area contributed by atoms with E-state index >= 15 is 0 Å². The number of aromatic nitrogens is 1. The summed E-state index contributed by atoms with van der Waals surface area (Å²) in [5.74, 6) is 0.533. The number of benzene rings is 1. The summed E-state index contributed by atoms with van der Waals surface area (Å²) in [4.78, 5) is 4.53. The molecule has 0 amide bonds. The second-order valence-electron chi connectivity index (χ2n) is 4.61. The van der Waals surface area contributed by atoms with Gasteiger partial charge in [-0.1, -0.05) is 37.6 Å². The van der Waals surface area contributed by atoms with Gasteiger partial charge >= 0.3 is 0 Å². The first-order valence-electron chi connectivity index (χ1n) is 5.73. The van der Waals surface area contributed by atoms with E-state index in [-0.39, 0.29) is 0 Å². The Balaban J connectivity index is 2.54. The highest BCUT2D eigenvalue weighted by molar-refractivity contribution is 7.19. The number of halogens is 1. The Kier molecular flexibility index (Phi) is 3.55. The van der Waals surface area contributed by atoms with E-state index < -0.39 is 0 Å². The van der Waals surface area contributed by atoms with Gasteiger partial charge < -0.3 is 0 Å². The molecule has 0 aliphatic rings. The van der Waals surface area contributed by atoms with E-state index in [9.17, 15) is 0 Å². The summed E-state index contributed by atoms with van der Waals surface area (Å²) >= 11 is 7.65. The molecule has 0 saturated heterocycles. The van der Waals surface area contributed by atoms with E-state index in [1.165, 1.54) is 16.7 Å². The Morgan fingerprint density at radius 1 is 1.24 bits per heavy atom. The first kappa shape index (κ1) is 12.6. The van der Waals surface area contributed by atoms with E-state index in [1.807, 2.05) is 6.92 Å². The van der Waals surface area contributed by atoms with E-state index in [1.54, 1.807) is 11.3 Å². The number of aryl methyl sites for hydroxylation is 2.